The number of nitrogens with two attached hydrogens (primary N) is 1. The van der Waals surface area contributed by atoms with E-state index in [2.05, 4.69) is 10.6 Å². The van der Waals surface area contributed by atoms with E-state index in [0.29, 0.717) is 19.1 Å². The smallest absolute Gasteiger partial charge is 0.315 e. The first-order chi connectivity index (χ1) is 7.33. The van der Waals surface area contributed by atoms with Crippen LogP contribution < -0.4 is 16.4 Å². The van der Waals surface area contributed by atoms with E-state index in [9.17, 15) is 4.79 Å². The van der Waals surface area contributed by atoms with E-state index in [-0.39, 0.29) is 6.03 Å². The fourth-order valence-electron chi connectivity index (χ4n) is 2.02. The summed E-state index contributed by atoms with van der Waals surface area (Å²) in [5.41, 5.74) is 5.31. The molecule has 0 aromatic rings. The van der Waals surface area contributed by atoms with Gasteiger partial charge in [-0.15, -0.1) is 0 Å². The van der Waals surface area contributed by atoms with Gasteiger partial charge in [0, 0.05) is 19.1 Å². The first-order valence-corrected chi connectivity index (χ1v) is 6.07. The molecule has 1 fully saturated rings. The number of nitrogens with one attached hydrogen (secondary N) is 2. The van der Waals surface area contributed by atoms with Gasteiger partial charge in [-0.25, -0.2) is 4.79 Å². The molecule has 0 radical (unpaired) electrons. The van der Waals surface area contributed by atoms with Gasteiger partial charge in [0.15, 0.2) is 0 Å². The summed E-state index contributed by atoms with van der Waals surface area (Å²) in [7, 11) is 0. The summed E-state index contributed by atoms with van der Waals surface area (Å²) < 4.78 is 0. The molecule has 1 saturated carbocycles. The second kappa shape index (κ2) is 7.51. The number of amides is 2. The third-order valence-corrected chi connectivity index (χ3v) is 2.87. The van der Waals surface area contributed by atoms with E-state index < -0.39 is 0 Å². The number of rotatable bonds is 3. The number of hydrogen-bond donors (Lipinski definition) is 3. The molecule has 0 saturated heterocycles. The first kappa shape index (κ1) is 12.3. The van der Waals surface area contributed by atoms with E-state index in [1.54, 1.807) is 0 Å². The van der Waals surface area contributed by atoms with Crippen LogP contribution in [0.15, 0.2) is 0 Å². The molecule has 0 heterocycles. The average Bonchev–Trinajstić information content (AvgIpc) is 2.19. The number of hydrogen-bond acceptors (Lipinski definition) is 2. The van der Waals surface area contributed by atoms with Gasteiger partial charge in [0.05, 0.1) is 0 Å². The average molecular weight is 213 g/mol. The summed E-state index contributed by atoms with van der Waals surface area (Å²) >= 11 is 0. The Hall–Kier alpha value is -0.770. The second-order valence-corrected chi connectivity index (χ2v) is 4.23. The minimum atomic E-state index is -0.0639. The molecule has 1 rings (SSSR count). The molecular formula is C11H23N3O. The maximum Gasteiger partial charge on any atom is 0.315 e. The van der Waals surface area contributed by atoms with Gasteiger partial charge in [-0.1, -0.05) is 32.1 Å². The zero-order valence-electron chi connectivity index (χ0n) is 9.43. The van der Waals surface area contributed by atoms with Gasteiger partial charge < -0.3 is 16.4 Å². The molecule has 1 aliphatic rings. The minimum absolute atomic E-state index is 0.0639. The van der Waals surface area contributed by atoms with E-state index in [4.69, 9.17) is 5.73 Å². The largest absolute Gasteiger partial charge is 0.337 e. The normalized spacial score (nSPS) is 19.0. The molecule has 0 spiro atoms. The molecule has 0 bridgehead atoms. The van der Waals surface area contributed by atoms with Crippen LogP contribution in [0.5, 0.6) is 0 Å². The Morgan fingerprint density at radius 2 is 1.73 bits per heavy atom. The minimum Gasteiger partial charge on any atom is -0.337 e. The van der Waals surface area contributed by atoms with Crippen LogP contribution in [0.25, 0.3) is 0 Å². The number of carbonyl (C=O) groups is 1. The standard InChI is InChI=1S/C11H23N3O/c12-8-9-13-11(15)14-10-6-4-2-1-3-5-7-10/h10H,1-9,12H2,(H2,13,14,15). The van der Waals surface area contributed by atoms with E-state index in [1.807, 2.05) is 0 Å². The highest BCUT2D eigenvalue weighted by Gasteiger charge is 2.13. The summed E-state index contributed by atoms with van der Waals surface area (Å²) in [5.74, 6) is 0. The summed E-state index contributed by atoms with van der Waals surface area (Å²) in [6.07, 6.45) is 8.69. The van der Waals surface area contributed by atoms with Crippen LogP contribution in [0.4, 0.5) is 4.79 Å². The quantitative estimate of drug-likeness (QED) is 0.662. The van der Waals surface area contributed by atoms with Gasteiger partial charge in [-0.3, -0.25) is 0 Å². The van der Waals surface area contributed by atoms with Crippen LogP contribution in [0.1, 0.15) is 44.9 Å². The summed E-state index contributed by atoms with van der Waals surface area (Å²) in [4.78, 5) is 11.4. The molecule has 88 valence electrons. The lowest BCUT2D eigenvalue weighted by atomic mass is 9.97. The van der Waals surface area contributed by atoms with Crippen molar-refractivity contribution in [1.82, 2.24) is 10.6 Å². The van der Waals surface area contributed by atoms with E-state index in [1.165, 1.54) is 32.1 Å². The van der Waals surface area contributed by atoms with E-state index in [0.717, 1.165) is 12.8 Å². The Balaban J connectivity index is 2.19. The molecule has 0 aromatic heterocycles. The monoisotopic (exact) mass is 213 g/mol. The van der Waals surface area contributed by atoms with Crippen LogP contribution in [-0.2, 0) is 0 Å². The Kier molecular flexibility index (Phi) is 6.16. The Labute approximate surface area is 92.0 Å². The fourth-order valence-corrected chi connectivity index (χ4v) is 2.02. The molecular weight excluding hydrogens is 190 g/mol. The molecule has 4 nitrogen and oxygen atoms in total. The molecule has 1 aliphatic carbocycles. The Bertz CT molecular complexity index is 177. The van der Waals surface area contributed by atoms with Crippen LogP contribution in [0.3, 0.4) is 0 Å². The maximum atomic E-state index is 11.4. The molecule has 0 atom stereocenters. The van der Waals surface area contributed by atoms with Gasteiger partial charge in [-0.05, 0) is 12.8 Å². The lowest BCUT2D eigenvalue weighted by Gasteiger charge is -2.21. The maximum absolute atomic E-state index is 11.4. The van der Waals surface area contributed by atoms with Crippen LogP contribution in [0, 0.1) is 0 Å². The van der Waals surface area contributed by atoms with Gasteiger partial charge in [0.25, 0.3) is 0 Å². The zero-order valence-corrected chi connectivity index (χ0v) is 9.43. The number of urea groups is 1. The molecule has 0 unspecified atom stereocenters. The van der Waals surface area contributed by atoms with Crippen LogP contribution in [0.2, 0.25) is 0 Å². The summed E-state index contributed by atoms with van der Waals surface area (Å²) in [6.45, 7) is 1.05. The Morgan fingerprint density at radius 1 is 1.13 bits per heavy atom. The van der Waals surface area contributed by atoms with Gasteiger partial charge in [0.1, 0.15) is 0 Å². The highest BCUT2D eigenvalue weighted by Crippen LogP contribution is 2.16. The second-order valence-electron chi connectivity index (χ2n) is 4.23. The highest BCUT2D eigenvalue weighted by molar-refractivity contribution is 5.74. The molecule has 0 aromatic carbocycles. The van der Waals surface area contributed by atoms with Crippen molar-refractivity contribution in [3.8, 4) is 0 Å². The van der Waals surface area contributed by atoms with Crippen LogP contribution in [-0.4, -0.2) is 25.2 Å². The third kappa shape index (κ3) is 5.62. The third-order valence-electron chi connectivity index (χ3n) is 2.87. The Morgan fingerprint density at radius 3 is 2.33 bits per heavy atom. The van der Waals surface area contributed by atoms with Gasteiger partial charge in [-0.2, -0.15) is 0 Å². The molecule has 4 heteroatoms. The number of carbonyl (C=O) groups excluding carboxylic acids is 1. The van der Waals surface area contributed by atoms with Crippen molar-refractivity contribution >= 4 is 6.03 Å². The van der Waals surface area contributed by atoms with Crippen molar-refractivity contribution in [2.24, 2.45) is 5.73 Å². The molecule has 0 aliphatic heterocycles. The predicted molar refractivity (Wildman–Crippen MR) is 61.7 cm³/mol. The van der Waals surface area contributed by atoms with Crippen LogP contribution >= 0.6 is 0 Å². The predicted octanol–water partition coefficient (Wildman–Crippen LogP) is 1.36. The van der Waals surface area contributed by atoms with Gasteiger partial charge in [0.2, 0.25) is 0 Å². The van der Waals surface area contributed by atoms with Crippen molar-refractivity contribution in [1.29, 1.82) is 0 Å². The topological polar surface area (TPSA) is 67.1 Å². The van der Waals surface area contributed by atoms with E-state index >= 15 is 0 Å². The van der Waals surface area contributed by atoms with Crippen molar-refractivity contribution in [3.05, 3.63) is 0 Å². The summed E-state index contributed by atoms with van der Waals surface area (Å²) in [5, 5.41) is 5.76. The lowest BCUT2D eigenvalue weighted by Crippen LogP contribution is -2.43. The van der Waals surface area contributed by atoms with Crippen molar-refractivity contribution < 1.29 is 4.79 Å². The molecule has 2 amide bonds. The summed E-state index contributed by atoms with van der Waals surface area (Å²) in [6, 6.07) is 0.300. The van der Waals surface area contributed by atoms with Gasteiger partial charge >= 0.3 is 6.03 Å². The SMILES string of the molecule is NCCNC(=O)NC1CCCCCCC1. The molecule has 4 N–H and O–H groups in total. The zero-order chi connectivity index (χ0) is 10.9. The molecule has 15 heavy (non-hydrogen) atoms. The van der Waals surface area contributed by atoms with Crippen molar-refractivity contribution in [3.63, 3.8) is 0 Å². The van der Waals surface area contributed by atoms with Crippen molar-refractivity contribution in [2.45, 2.75) is 51.0 Å². The first-order valence-electron chi connectivity index (χ1n) is 6.07. The fraction of sp³-hybridized carbons (Fsp3) is 0.909. The highest BCUT2D eigenvalue weighted by atomic mass is 16.2. The van der Waals surface area contributed by atoms with Crippen molar-refractivity contribution in [2.75, 3.05) is 13.1 Å². The lowest BCUT2D eigenvalue weighted by molar-refractivity contribution is 0.234.